The number of nitriles is 1. The number of phenols is 1. The van der Waals surface area contributed by atoms with E-state index < -0.39 is 27.4 Å². The number of aromatic hydroxyl groups is 1. The minimum absolute atomic E-state index is 0.0576. The van der Waals surface area contributed by atoms with Gasteiger partial charge in [0.2, 0.25) is 0 Å². The molecule has 0 bridgehead atoms. The Hall–Kier alpha value is -4.62. The first kappa shape index (κ1) is 23.5. The Kier molecular flexibility index (Phi) is 6.27. The van der Waals surface area contributed by atoms with Crippen LogP contribution in [0.5, 0.6) is 11.5 Å². The highest BCUT2D eigenvalue weighted by Crippen LogP contribution is 2.28. The van der Waals surface area contributed by atoms with Crippen LogP contribution in [0.1, 0.15) is 21.5 Å². The maximum absolute atomic E-state index is 14.1. The molecule has 0 aromatic heterocycles. The first-order valence-electron chi connectivity index (χ1n) is 10.1. The van der Waals surface area contributed by atoms with Gasteiger partial charge in [-0.1, -0.05) is 18.2 Å². The Morgan fingerprint density at radius 2 is 1.74 bits per heavy atom. The van der Waals surface area contributed by atoms with E-state index in [4.69, 9.17) is 10.00 Å². The Labute approximate surface area is 199 Å². The lowest BCUT2D eigenvalue weighted by Crippen LogP contribution is -2.15. The first-order chi connectivity index (χ1) is 16.7. The Balaban J connectivity index is 1.55. The molecule has 10 heteroatoms. The number of anilines is 1. The zero-order valence-electron chi connectivity index (χ0n) is 17.9. The molecule has 0 fully saturated rings. The van der Waals surface area contributed by atoms with Crippen molar-refractivity contribution in [1.29, 1.82) is 5.26 Å². The van der Waals surface area contributed by atoms with Crippen LogP contribution in [0.3, 0.4) is 0 Å². The minimum Gasteiger partial charge on any atom is -0.508 e. The molecule has 0 radical (unpaired) electrons. The molecule has 0 unspecified atom stereocenters. The fourth-order valence-electron chi connectivity index (χ4n) is 3.36. The normalized spacial score (nSPS) is 11.1. The molecular formula is C25H17FN2O6S. The topological polar surface area (TPSA) is 137 Å². The third-order valence-corrected chi connectivity index (χ3v) is 6.51. The maximum Gasteiger partial charge on any atom is 0.337 e. The van der Waals surface area contributed by atoms with Gasteiger partial charge in [-0.15, -0.1) is 0 Å². The second-order valence-electron chi connectivity index (χ2n) is 7.52. The fraction of sp³-hybridized carbons (Fsp3) is 0.0400. The van der Waals surface area contributed by atoms with Crippen LogP contribution in [0.2, 0.25) is 0 Å². The maximum atomic E-state index is 14.1. The second-order valence-corrected chi connectivity index (χ2v) is 9.20. The second kappa shape index (κ2) is 9.32. The van der Waals surface area contributed by atoms with E-state index in [9.17, 15) is 27.8 Å². The van der Waals surface area contributed by atoms with Crippen molar-refractivity contribution in [3.63, 3.8) is 0 Å². The number of hydrogen-bond donors (Lipinski definition) is 3. The summed E-state index contributed by atoms with van der Waals surface area (Å²) in [5, 5.41) is 28.9. The quantitative estimate of drug-likeness (QED) is 0.320. The molecule has 176 valence electrons. The molecule has 0 aliphatic heterocycles. The monoisotopic (exact) mass is 492 g/mol. The number of rotatable bonds is 7. The number of carboxylic acid groups (broad SMARTS) is 1. The fourth-order valence-corrected chi connectivity index (χ4v) is 4.47. The molecule has 4 aromatic carbocycles. The van der Waals surface area contributed by atoms with Crippen LogP contribution < -0.4 is 9.46 Å². The Bertz CT molecular complexity index is 1610. The largest absolute Gasteiger partial charge is 0.508 e. The zero-order chi connectivity index (χ0) is 25.2. The van der Waals surface area contributed by atoms with Gasteiger partial charge in [-0.05, 0) is 65.4 Å². The van der Waals surface area contributed by atoms with Crippen LogP contribution in [0, 0.1) is 17.1 Å². The first-order valence-corrected chi connectivity index (χ1v) is 11.6. The van der Waals surface area contributed by atoms with Gasteiger partial charge in [0.1, 0.15) is 23.9 Å². The molecule has 35 heavy (non-hydrogen) atoms. The van der Waals surface area contributed by atoms with Gasteiger partial charge in [0.25, 0.3) is 10.0 Å². The number of ether oxygens (including phenoxy) is 1. The van der Waals surface area contributed by atoms with Crippen molar-refractivity contribution in [2.45, 2.75) is 11.5 Å². The number of carboxylic acids is 1. The van der Waals surface area contributed by atoms with E-state index in [-0.39, 0.29) is 34.1 Å². The van der Waals surface area contributed by atoms with Crippen molar-refractivity contribution >= 4 is 32.5 Å². The highest BCUT2D eigenvalue weighted by Gasteiger charge is 2.19. The number of fused-ring (bicyclic) bond motifs is 1. The molecule has 0 heterocycles. The van der Waals surface area contributed by atoms with Crippen LogP contribution in [0.15, 0.2) is 77.7 Å². The van der Waals surface area contributed by atoms with Crippen LogP contribution in [-0.4, -0.2) is 24.6 Å². The number of hydrogen-bond acceptors (Lipinski definition) is 6. The van der Waals surface area contributed by atoms with E-state index in [2.05, 4.69) is 4.72 Å². The molecule has 8 nitrogen and oxygen atoms in total. The number of halogens is 1. The molecule has 0 saturated carbocycles. The molecule has 3 N–H and O–H groups in total. The van der Waals surface area contributed by atoms with E-state index in [1.807, 2.05) is 6.07 Å². The Morgan fingerprint density at radius 1 is 1.00 bits per heavy atom. The van der Waals surface area contributed by atoms with Crippen molar-refractivity contribution in [2.24, 2.45) is 0 Å². The number of nitrogens with zero attached hydrogens (tertiary/aromatic N) is 1. The molecule has 0 aliphatic rings. The predicted molar refractivity (Wildman–Crippen MR) is 125 cm³/mol. The molecule has 4 rings (SSSR count). The van der Waals surface area contributed by atoms with E-state index in [0.717, 1.165) is 18.2 Å². The summed E-state index contributed by atoms with van der Waals surface area (Å²) in [4.78, 5) is 11.3. The molecular weight excluding hydrogens is 475 g/mol. The average Bonchev–Trinajstić information content (AvgIpc) is 2.83. The van der Waals surface area contributed by atoms with Crippen molar-refractivity contribution in [3.05, 3.63) is 95.3 Å². The summed E-state index contributed by atoms with van der Waals surface area (Å²) < 4.78 is 47.7. The smallest absolute Gasteiger partial charge is 0.337 e. The van der Waals surface area contributed by atoms with Gasteiger partial charge in [0.05, 0.1) is 27.8 Å². The standard InChI is InChI=1S/C25H17FN2O6S/c26-23-9-15(13-27)1-2-18(23)14-34-20-6-3-17-11-21(7-4-16(17)10-20)35(32,33)28-24-8-5-19(29)12-22(24)25(30)31/h1-12,28-29H,14H2,(H,30,31). The number of aromatic carboxylic acids is 1. The highest BCUT2D eigenvalue weighted by atomic mass is 32.2. The minimum atomic E-state index is -4.13. The average molecular weight is 492 g/mol. The van der Waals surface area contributed by atoms with E-state index >= 15 is 0 Å². The van der Waals surface area contributed by atoms with E-state index in [0.29, 0.717) is 16.5 Å². The van der Waals surface area contributed by atoms with Crippen molar-refractivity contribution in [1.82, 2.24) is 0 Å². The summed E-state index contributed by atoms with van der Waals surface area (Å²) in [6.07, 6.45) is 0. The molecule has 0 aliphatic carbocycles. The highest BCUT2D eigenvalue weighted by molar-refractivity contribution is 7.92. The lowest BCUT2D eigenvalue weighted by atomic mass is 10.1. The Morgan fingerprint density at radius 3 is 2.46 bits per heavy atom. The number of sulfonamides is 1. The summed E-state index contributed by atoms with van der Waals surface area (Å²) in [6.45, 7) is -0.0576. The van der Waals surface area contributed by atoms with Gasteiger partial charge in [-0.2, -0.15) is 5.26 Å². The summed E-state index contributed by atoms with van der Waals surface area (Å²) in [5.74, 6) is -1.82. The van der Waals surface area contributed by atoms with Gasteiger partial charge in [0.15, 0.2) is 0 Å². The third kappa shape index (κ3) is 5.15. The SMILES string of the molecule is N#Cc1ccc(COc2ccc3cc(S(=O)(=O)Nc4ccc(O)cc4C(=O)O)ccc3c2)c(F)c1. The summed E-state index contributed by atoms with van der Waals surface area (Å²) >= 11 is 0. The molecule has 0 spiro atoms. The summed E-state index contributed by atoms with van der Waals surface area (Å²) in [7, 11) is -4.13. The molecule has 0 amide bonds. The number of phenolic OH excluding ortho intramolecular Hbond substituents is 1. The molecule has 0 saturated heterocycles. The van der Waals surface area contributed by atoms with Crippen molar-refractivity contribution in [3.8, 4) is 17.6 Å². The van der Waals surface area contributed by atoms with Gasteiger partial charge >= 0.3 is 5.97 Å². The number of benzene rings is 4. The van der Waals surface area contributed by atoms with Crippen LogP contribution >= 0.6 is 0 Å². The van der Waals surface area contributed by atoms with Gasteiger partial charge in [-0.3, -0.25) is 4.72 Å². The predicted octanol–water partition coefficient (Wildman–Crippen LogP) is 4.63. The van der Waals surface area contributed by atoms with Gasteiger partial charge < -0.3 is 14.9 Å². The van der Waals surface area contributed by atoms with Crippen molar-refractivity contribution in [2.75, 3.05) is 4.72 Å². The van der Waals surface area contributed by atoms with Crippen LogP contribution in [-0.2, 0) is 16.6 Å². The van der Waals surface area contributed by atoms with Gasteiger partial charge in [0, 0.05) is 5.56 Å². The van der Waals surface area contributed by atoms with E-state index in [1.54, 1.807) is 24.3 Å². The van der Waals surface area contributed by atoms with Crippen LogP contribution in [0.4, 0.5) is 10.1 Å². The summed E-state index contributed by atoms with van der Waals surface area (Å²) in [5.41, 5.74) is -0.0857. The lowest BCUT2D eigenvalue weighted by Gasteiger charge is -2.12. The van der Waals surface area contributed by atoms with Crippen molar-refractivity contribution < 1.29 is 32.6 Å². The summed E-state index contributed by atoms with van der Waals surface area (Å²) in [6, 6.07) is 18.5. The number of carbonyl (C=O) groups is 1. The molecule has 4 aromatic rings. The zero-order valence-corrected chi connectivity index (χ0v) is 18.7. The lowest BCUT2D eigenvalue weighted by molar-refractivity contribution is 0.0697. The van der Waals surface area contributed by atoms with Crippen LogP contribution in [0.25, 0.3) is 10.8 Å². The molecule has 0 atom stereocenters. The third-order valence-electron chi connectivity index (χ3n) is 5.15. The number of nitrogens with one attached hydrogen (secondary N) is 1. The van der Waals surface area contributed by atoms with E-state index in [1.165, 1.54) is 30.3 Å². The van der Waals surface area contributed by atoms with Gasteiger partial charge in [-0.25, -0.2) is 17.6 Å².